The van der Waals surface area contributed by atoms with E-state index in [1.165, 1.54) is 23.6 Å². The summed E-state index contributed by atoms with van der Waals surface area (Å²) in [4.78, 5) is 16.2. The molecule has 4 rings (SSSR count). The molecular formula is C30H37N3O2. The number of rotatable bonds is 11. The van der Waals surface area contributed by atoms with Crippen molar-refractivity contribution in [1.82, 2.24) is 9.80 Å². The number of ether oxygens (including phenoxy) is 1. The van der Waals surface area contributed by atoms with Crippen LogP contribution in [0.15, 0.2) is 84.9 Å². The van der Waals surface area contributed by atoms with E-state index in [1.807, 2.05) is 12.1 Å². The summed E-state index contributed by atoms with van der Waals surface area (Å²) in [5, 5.41) is 2.82. The molecule has 184 valence electrons. The highest BCUT2D eigenvalue weighted by atomic mass is 16.5. The molecule has 1 fully saturated rings. The maximum absolute atomic E-state index is 11.1. The molecule has 3 aromatic rings. The van der Waals surface area contributed by atoms with E-state index in [0.29, 0.717) is 0 Å². The van der Waals surface area contributed by atoms with Crippen molar-refractivity contribution < 1.29 is 9.53 Å². The molecule has 0 atom stereocenters. The number of nitrogens with zero attached hydrogens (tertiary/aromatic N) is 2. The highest BCUT2D eigenvalue weighted by Gasteiger charge is 2.18. The van der Waals surface area contributed by atoms with Gasteiger partial charge < -0.3 is 15.0 Å². The Hall–Kier alpha value is -2.99. The summed E-state index contributed by atoms with van der Waals surface area (Å²) >= 11 is 0. The molecule has 0 aromatic heterocycles. The van der Waals surface area contributed by atoms with Gasteiger partial charge >= 0.3 is 0 Å². The van der Waals surface area contributed by atoms with E-state index in [9.17, 15) is 4.79 Å². The minimum Gasteiger partial charge on any atom is -0.367 e. The lowest BCUT2D eigenvalue weighted by atomic mass is 10.0. The van der Waals surface area contributed by atoms with E-state index in [0.717, 1.165) is 64.4 Å². The largest absolute Gasteiger partial charge is 0.367 e. The minimum absolute atomic E-state index is 0.0222. The fourth-order valence-corrected chi connectivity index (χ4v) is 4.64. The molecule has 1 saturated heterocycles. The Morgan fingerprint density at radius 3 is 1.89 bits per heavy atom. The van der Waals surface area contributed by atoms with Crippen LogP contribution in [0.5, 0.6) is 0 Å². The molecule has 5 heteroatoms. The van der Waals surface area contributed by atoms with Gasteiger partial charge in [0.05, 0.1) is 6.61 Å². The lowest BCUT2D eigenvalue weighted by Crippen LogP contribution is -2.47. The number of anilines is 1. The van der Waals surface area contributed by atoms with Gasteiger partial charge in [-0.2, -0.15) is 0 Å². The summed E-state index contributed by atoms with van der Waals surface area (Å²) in [7, 11) is 0. The van der Waals surface area contributed by atoms with Crippen LogP contribution in [0.1, 0.15) is 36.1 Å². The van der Waals surface area contributed by atoms with E-state index in [1.54, 1.807) is 0 Å². The predicted octanol–water partition coefficient (Wildman–Crippen LogP) is 5.00. The Morgan fingerprint density at radius 1 is 0.800 bits per heavy atom. The van der Waals surface area contributed by atoms with E-state index >= 15 is 0 Å². The molecule has 35 heavy (non-hydrogen) atoms. The van der Waals surface area contributed by atoms with Gasteiger partial charge in [-0.25, -0.2) is 0 Å². The number of aryl methyl sites for hydroxylation is 1. The first kappa shape index (κ1) is 25.1. The third-order valence-corrected chi connectivity index (χ3v) is 6.58. The van der Waals surface area contributed by atoms with Crippen LogP contribution in [0.2, 0.25) is 0 Å². The number of hydrogen-bond donors (Lipinski definition) is 1. The van der Waals surface area contributed by atoms with E-state index in [4.69, 9.17) is 4.74 Å². The lowest BCUT2D eigenvalue weighted by Gasteiger charge is -2.35. The maximum Gasteiger partial charge on any atom is 0.221 e. The fraction of sp³-hybridized carbons (Fsp3) is 0.367. The number of nitrogens with one attached hydrogen (secondary N) is 1. The van der Waals surface area contributed by atoms with Crippen LogP contribution in [-0.4, -0.2) is 61.6 Å². The number of piperazine rings is 1. The average Bonchev–Trinajstić information content (AvgIpc) is 2.89. The van der Waals surface area contributed by atoms with Gasteiger partial charge in [0, 0.05) is 45.3 Å². The Morgan fingerprint density at radius 2 is 1.34 bits per heavy atom. The fourth-order valence-electron chi connectivity index (χ4n) is 4.64. The molecular weight excluding hydrogens is 434 g/mol. The second-order valence-corrected chi connectivity index (χ2v) is 9.24. The Bertz CT molecular complexity index is 977. The molecule has 0 saturated carbocycles. The quantitative estimate of drug-likeness (QED) is 0.427. The topological polar surface area (TPSA) is 44.8 Å². The Labute approximate surface area is 209 Å². The number of hydrogen-bond acceptors (Lipinski definition) is 4. The number of benzene rings is 3. The zero-order chi connectivity index (χ0) is 24.3. The van der Waals surface area contributed by atoms with Gasteiger partial charge in [-0.05, 0) is 48.2 Å². The monoisotopic (exact) mass is 471 g/mol. The Kier molecular flexibility index (Phi) is 9.47. The molecule has 5 nitrogen and oxygen atoms in total. The summed E-state index contributed by atoms with van der Waals surface area (Å²) in [6, 6.07) is 29.2. The third kappa shape index (κ3) is 8.03. The van der Waals surface area contributed by atoms with Gasteiger partial charge in [0.15, 0.2) is 0 Å². The molecule has 0 radical (unpaired) electrons. The van der Waals surface area contributed by atoms with Crippen LogP contribution < -0.4 is 5.32 Å². The first-order valence-corrected chi connectivity index (χ1v) is 12.7. The summed E-state index contributed by atoms with van der Waals surface area (Å²) in [5.41, 5.74) is 4.59. The van der Waals surface area contributed by atoms with E-state index in [2.05, 4.69) is 87.9 Å². The highest BCUT2D eigenvalue weighted by Crippen LogP contribution is 2.25. The molecule has 1 aliphatic rings. The first-order chi connectivity index (χ1) is 17.2. The van der Waals surface area contributed by atoms with Gasteiger partial charge in [0.1, 0.15) is 6.10 Å². The smallest absolute Gasteiger partial charge is 0.221 e. The SMILES string of the molecule is CC(=O)Nc1ccc(CCCN2CCN(CCOC(c3ccccc3)c3ccccc3)CC2)cc1. The molecule has 0 spiro atoms. The van der Waals surface area contributed by atoms with E-state index < -0.39 is 0 Å². The third-order valence-electron chi connectivity index (χ3n) is 6.58. The minimum atomic E-state index is -0.0318. The molecule has 0 unspecified atom stereocenters. The van der Waals surface area contributed by atoms with Crippen molar-refractivity contribution >= 4 is 11.6 Å². The normalized spacial score (nSPS) is 14.8. The van der Waals surface area contributed by atoms with Crippen molar-refractivity contribution in [3.8, 4) is 0 Å². The van der Waals surface area contributed by atoms with Gasteiger partial charge in [-0.3, -0.25) is 9.69 Å². The van der Waals surface area contributed by atoms with Crippen LogP contribution in [-0.2, 0) is 16.0 Å². The van der Waals surface area contributed by atoms with Crippen molar-refractivity contribution in [2.45, 2.75) is 25.9 Å². The van der Waals surface area contributed by atoms with Gasteiger partial charge in [0.25, 0.3) is 0 Å². The van der Waals surface area contributed by atoms with Crippen molar-refractivity contribution in [1.29, 1.82) is 0 Å². The zero-order valence-corrected chi connectivity index (χ0v) is 20.7. The van der Waals surface area contributed by atoms with Crippen LogP contribution >= 0.6 is 0 Å². The molecule has 1 aliphatic heterocycles. The Balaban J connectivity index is 1.16. The maximum atomic E-state index is 11.1. The van der Waals surface area contributed by atoms with Crippen molar-refractivity contribution in [3.63, 3.8) is 0 Å². The standard InChI is InChI=1S/C30H37N3O2/c1-25(34)31-29-16-14-26(15-17-29)9-8-18-32-19-21-33(22-20-32)23-24-35-30(27-10-4-2-5-11-27)28-12-6-3-7-13-28/h2-7,10-17,30H,8-9,18-24H2,1H3,(H,31,34). The second kappa shape index (κ2) is 13.2. The molecule has 1 N–H and O–H groups in total. The highest BCUT2D eigenvalue weighted by molar-refractivity contribution is 5.88. The summed E-state index contributed by atoms with van der Waals surface area (Å²) in [6.07, 6.45) is 2.19. The van der Waals surface area contributed by atoms with Gasteiger partial charge in [0.2, 0.25) is 5.91 Å². The lowest BCUT2D eigenvalue weighted by molar-refractivity contribution is -0.114. The van der Waals surface area contributed by atoms with Crippen LogP contribution in [0.3, 0.4) is 0 Å². The second-order valence-electron chi connectivity index (χ2n) is 9.24. The summed E-state index contributed by atoms with van der Waals surface area (Å²) < 4.78 is 6.41. The summed E-state index contributed by atoms with van der Waals surface area (Å²) in [6.45, 7) is 8.76. The number of carbonyl (C=O) groups excluding carboxylic acids is 1. The number of carbonyl (C=O) groups is 1. The van der Waals surface area contributed by atoms with Crippen molar-refractivity contribution in [2.24, 2.45) is 0 Å². The molecule has 0 bridgehead atoms. The molecule has 0 aliphatic carbocycles. The zero-order valence-electron chi connectivity index (χ0n) is 20.7. The van der Waals surface area contributed by atoms with Crippen molar-refractivity contribution in [2.75, 3.05) is 51.2 Å². The molecule has 1 amide bonds. The van der Waals surface area contributed by atoms with Gasteiger partial charge in [-0.1, -0.05) is 72.8 Å². The van der Waals surface area contributed by atoms with Crippen LogP contribution in [0.25, 0.3) is 0 Å². The number of amides is 1. The van der Waals surface area contributed by atoms with Crippen molar-refractivity contribution in [3.05, 3.63) is 102 Å². The van der Waals surface area contributed by atoms with E-state index in [-0.39, 0.29) is 12.0 Å². The predicted molar refractivity (Wildman–Crippen MR) is 143 cm³/mol. The van der Waals surface area contributed by atoms with Gasteiger partial charge in [-0.15, -0.1) is 0 Å². The van der Waals surface area contributed by atoms with Crippen LogP contribution in [0, 0.1) is 0 Å². The molecule has 1 heterocycles. The van der Waals surface area contributed by atoms with Crippen LogP contribution in [0.4, 0.5) is 5.69 Å². The molecule has 3 aromatic carbocycles. The average molecular weight is 472 g/mol. The first-order valence-electron chi connectivity index (χ1n) is 12.7. The summed E-state index contributed by atoms with van der Waals surface area (Å²) in [5.74, 6) is -0.0318.